The summed E-state index contributed by atoms with van der Waals surface area (Å²) in [4.78, 5) is 0. The van der Waals surface area contributed by atoms with Gasteiger partial charge in [-0.15, -0.1) is 0 Å². The van der Waals surface area contributed by atoms with Crippen LogP contribution in [-0.4, -0.2) is 6.54 Å². The first-order chi connectivity index (χ1) is 8.70. The van der Waals surface area contributed by atoms with E-state index in [2.05, 4.69) is 46.4 Å². The summed E-state index contributed by atoms with van der Waals surface area (Å²) < 4.78 is 3.12. The summed E-state index contributed by atoms with van der Waals surface area (Å²) in [5.74, 6) is 0. The molecule has 0 spiro atoms. The van der Waals surface area contributed by atoms with Crippen LogP contribution in [0.4, 0.5) is 0 Å². The van der Waals surface area contributed by atoms with Crippen LogP contribution in [0.5, 0.6) is 0 Å². The average Bonchev–Trinajstić information content (AvgIpc) is 2.37. The van der Waals surface area contributed by atoms with Crippen molar-refractivity contribution in [1.82, 2.24) is 0 Å². The minimum atomic E-state index is 0.532. The van der Waals surface area contributed by atoms with E-state index < -0.39 is 0 Å². The lowest BCUT2D eigenvalue weighted by molar-refractivity contribution is -0.671. The lowest BCUT2D eigenvalue weighted by atomic mass is 9.99. The van der Waals surface area contributed by atoms with Crippen molar-refractivity contribution in [2.24, 2.45) is 12.8 Å². The summed E-state index contributed by atoms with van der Waals surface area (Å²) >= 11 is 3.45. The second-order valence-electron chi connectivity index (χ2n) is 4.12. The molecule has 0 saturated heterocycles. The number of halogens is 1. The Labute approximate surface area is 116 Å². The number of aromatic nitrogens is 1. The quantitative estimate of drug-likeness (QED) is 0.868. The molecule has 18 heavy (non-hydrogen) atoms. The van der Waals surface area contributed by atoms with Gasteiger partial charge in [0.05, 0.1) is 0 Å². The first-order valence-corrected chi connectivity index (χ1v) is 6.62. The van der Waals surface area contributed by atoms with Crippen LogP contribution in [-0.2, 0) is 7.05 Å². The van der Waals surface area contributed by atoms with Gasteiger partial charge in [-0.25, -0.2) is 4.57 Å². The molecule has 2 N–H and O–H groups in total. The van der Waals surface area contributed by atoms with Crippen LogP contribution in [0.15, 0.2) is 59.3 Å². The zero-order valence-corrected chi connectivity index (χ0v) is 11.9. The number of aryl methyl sites for hydroxylation is 1. The van der Waals surface area contributed by atoms with Crippen LogP contribution in [0, 0.1) is 0 Å². The van der Waals surface area contributed by atoms with E-state index in [0.29, 0.717) is 6.54 Å². The standard InChI is InChI=1S/C15H16BrN2/c1-18-10-2-3-13(11-18)15(8-9-17)12-4-6-14(16)7-5-12/h2-8,10-11H,9,17H2,1H3/q+1/b15-8-. The van der Waals surface area contributed by atoms with Crippen LogP contribution < -0.4 is 10.3 Å². The Hall–Kier alpha value is -1.45. The zero-order chi connectivity index (χ0) is 13.0. The van der Waals surface area contributed by atoms with E-state index in [0.717, 1.165) is 4.47 Å². The van der Waals surface area contributed by atoms with Crippen molar-refractivity contribution in [1.29, 1.82) is 0 Å². The Balaban J connectivity index is 2.47. The molecular formula is C15H16BrN2+. The van der Waals surface area contributed by atoms with E-state index in [1.165, 1.54) is 16.7 Å². The molecule has 3 heteroatoms. The predicted octanol–water partition coefficient (Wildman–Crippen LogP) is 2.66. The Morgan fingerprint density at radius 3 is 2.56 bits per heavy atom. The molecule has 2 nitrogen and oxygen atoms in total. The molecule has 0 aliphatic carbocycles. The van der Waals surface area contributed by atoms with Gasteiger partial charge >= 0.3 is 0 Å². The van der Waals surface area contributed by atoms with Gasteiger partial charge in [0.1, 0.15) is 7.05 Å². The highest BCUT2D eigenvalue weighted by Crippen LogP contribution is 2.23. The molecule has 0 saturated carbocycles. The molecule has 2 aromatic rings. The second kappa shape index (κ2) is 5.94. The van der Waals surface area contributed by atoms with Crippen molar-refractivity contribution in [3.63, 3.8) is 0 Å². The fourth-order valence-electron chi connectivity index (χ4n) is 1.90. The van der Waals surface area contributed by atoms with Crippen LogP contribution in [0.25, 0.3) is 5.57 Å². The number of hydrogen-bond acceptors (Lipinski definition) is 1. The van der Waals surface area contributed by atoms with E-state index in [1.807, 2.05) is 36.0 Å². The molecule has 0 atom stereocenters. The molecule has 0 radical (unpaired) electrons. The van der Waals surface area contributed by atoms with Crippen molar-refractivity contribution >= 4 is 21.5 Å². The molecule has 0 fully saturated rings. The van der Waals surface area contributed by atoms with Gasteiger partial charge < -0.3 is 5.73 Å². The molecule has 2 rings (SSSR count). The number of nitrogens with two attached hydrogens (primary N) is 1. The number of nitrogens with zero attached hydrogens (tertiary/aromatic N) is 1. The molecule has 92 valence electrons. The highest BCUT2D eigenvalue weighted by atomic mass is 79.9. The van der Waals surface area contributed by atoms with Gasteiger partial charge in [-0.05, 0) is 29.3 Å². The lowest BCUT2D eigenvalue weighted by Gasteiger charge is -2.07. The third kappa shape index (κ3) is 3.06. The van der Waals surface area contributed by atoms with E-state index in [-0.39, 0.29) is 0 Å². The highest BCUT2D eigenvalue weighted by molar-refractivity contribution is 9.10. The van der Waals surface area contributed by atoms with Gasteiger partial charge in [-0.3, -0.25) is 0 Å². The highest BCUT2D eigenvalue weighted by Gasteiger charge is 2.07. The molecule has 0 bridgehead atoms. The Kier molecular flexibility index (Phi) is 4.28. The van der Waals surface area contributed by atoms with E-state index in [9.17, 15) is 0 Å². The summed E-state index contributed by atoms with van der Waals surface area (Å²) in [7, 11) is 2.02. The van der Waals surface area contributed by atoms with Gasteiger partial charge in [0.2, 0.25) is 0 Å². The van der Waals surface area contributed by atoms with Crippen molar-refractivity contribution in [2.45, 2.75) is 0 Å². The van der Waals surface area contributed by atoms with E-state index in [1.54, 1.807) is 0 Å². The normalized spacial score (nSPS) is 11.6. The fraction of sp³-hybridized carbons (Fsp3) is 0.133. The number of pyridine rings is 1. The molecule has 1 heterocycles. The van der Waals surface area contributed by atoms with Crippen molar-refractivity contribution in [2.75, 3.05) is 6.54 Å². The molecule has 0 amide bonds. The summed E-state index contributed by atoms with van der Waals surface area (Å²) in [5, 5.41) is 0. The molecule has 1 aromatic carbocycles. The van der Waals surface area contributed by atoms with E-state index in [4.69, 9.17) is 5.73 Å². The first kappa shape index (κ1) is 13.0. The van der Waals surface area contributed by atoms with Crippen LogP contribution >= 0.6 is 15.9 Å². The molecule has 0 unspecified atom stereocenters. The van der Waals surface area contributed by atoms with Crippen molar-refractivity contribution < 1.29 is 4.57 Å². The zero-order valence-electron chi connectivity index (χ0n) is 10.3. The molecular weight excluding hydrogens is 288 g/mol. The average molecular weight is 304 g/mol. The molecule has 0 aliphatic rings. The number of benzene rings is 1. The maximum atomic E-state index is 5.68. The summed E-state index contributed by atoms with van der Waals surface area (Å²) in [6.45, 7) is 0.532. The monoisotopic (exact) mass is 303 g/mol. The van der Waals surface area contributed by atoms with Crippen LogP contribution in [0.1, 0.15) is 11.1 Å². The van der Waals surface area contributed by atoms with Gasteiger partial charge in [-0.2, -0.15) is 0 Å². The van der Waals surface area contributed by atoms with Gasteiger partial charge in [0.25, 0.3) is 0 Å². The van der Waals surface area contributed by atoms with Gasteiger partial charge in [0, 0.05) is 22.6 Å². The fourth-order valence-corrected chi connectivity index (χ4v) is 2.16. The lowest BCUT2D eigenvalue weighted by Crippen LogP contribution is -2.26. The second-order valence-corrected chi connectivity index (χ2v) is 5.03. The number of rotatable bonds is 3. The van der Waals surface area contributed by atoms with Crippen LogP contribution in [0.3, 0.4) is 0 Å². The largest absolute Gasteiger partial charge is 0.327 e. The van der Waals surface area contributed by atoms with Gasteiger partial charge in [-0.1, -0.05) is 34.1 Å². The van der Waals surface area contributed by atoms with Crippen molar-refractivity contribution in [3.05, 3.63) is 70.5 Å². The van der Waals surface area contributed by atoms with Crippen LogP contribution in [0.2, 0.25) is 0 Å². The maximum absolute atomic E-state index is 5.68. The third-order valence-corrected chi connectivity index (χ3v) is 3.26. The predicted molar refractivity (Wildman–Crippen MR) is 77.9 cm³/mol. The Bertz CT molecular complexity index is 559. The Morgan fingerprint density at radius 2 is 1.94 bits per heavy atom. The minimum Gasteiger partial charge on any atom is -0.327 e. The Morgan fingerprint density at radius 1 is 1.22 bits per heavy atom. The minimum absolute atomic E-state index is 0.532. The first-order valence-electron chi connectivity index (χ1n) is 5.82. The van der Waals surface area contributed by atoms with Gasteiger partial charge in [0.15, 0.2) is 12.4 Å². The smallest absolute Gasteiger partial charge is 0.176 e. The van der Waals surface area contributed by atoms with Crippen molar-refractivity contribution in [3.8, 4) is 0 Å². The SMILES string of the molecule is C[n+]1cccc(/C(=C\CN)c2ccc(Br)cc2)c1. The maximum Gasteiger partial charge on any atom is 0.176 e. The number of hydrogen-bond donors (Lipinski definition) is 1. The molecule has 0 aliphatic heterocycles. The topological polar surface area (TPSA) is 29.9 Å². The summed E-state index contributed by atoms with van der Waals surface area (Å²) in [6.07, 6.45) is 6.17. The third-order valence-electron chi connectivity index (χ3n) is 2.73. The summed E-state index contributed by atoms with van der Waals surface area (Å²) in [6, 6.07) is 12.4. The summed E-state index contributed by atoms with van der Waals surface area (Å²) in [5.41, 5.74) is 9.20. The molecule has 1 aromatic heterocycles. The van der Waals surface area contributed by atoms with E-state index >= 15 is 0 Å².